The van der Waals surface area contributed by atoms with Crippen molar-refractivity contribution >= 4 is 21.6 Å². The van der Waals surface area contributed by atoms with Gasteiger partial charge >= 0.3 is 0 Å². The Bertz CT molecular complexity index is 1240. The third-order valence-corrected chi connectivity index (χ3v) is 6.45. The highest BCUT2D eigenvalue weighted by Gasteiger charge is 2.22. The van der Waals surface area contributed by atoms with Gasteiger partial charge < -0.3 is 15.3 Å². The number of hydrogen-bond donors (Lipinski definition) is 3. The Morgan fingerprint density at radius 2 is 1.91 bits per heavy atom. The molecule has 0 atom stereocenters. The fraction of sp³-hybridized carbons (Fsp3) is 0.318. The fourth-order valence-electron chi connectivity index (χ4n) is 3.13. The highest BCUT2D eigenvalue weighted by molar-refractivity contribution is 7.89. The van der Waals surface area contributed by atoms with Crippen molar-refractivity contribution in [1.29, 1.82) is 0 Å². The Morgan fingerprint density at radius 3 is 2.55 bits per heavy atom. The van der Waals surface area contributed by atoms with Crippen LogP contribution in [0.25, 0.3) is 0 Å². The summed E-state index contributed by atoms with van der Waals surface area (Å²) < 4.78 is 32.9. The van der Waals surface area contributed by atoms with Crippen molar-refractivity contribution in [1.82, 2.24) is 19.9 Å². The molecule has 1 amide bonds. The summed E-state index contributed by atoms with van der Waals surface area (Å²) in [5.41, 5.74) is 2.30. The van der Waals surface area contributed by atoms with Crippen LogP contribution in [0.15, 0.2) is 52.0 Å². The molecule has 1 heterocycles. The van der Waals surface area contributed by atoms with Gasteiger partial charge in [-0.05, 0) is 45.0 Å². The molecule has 11 heteroatoms. The lowest BCUT2D eigenvalue weighted by Gasteiger charge is -2.18. The van der Waals surface area contributed by atoms with Crippen LogP contribution < -0.4 is 10.0 Å². The number of phenolic OH excluding ortho intramolecular Hbond substituents is 1. The monoisotopic (exact) mass is 473 g/mol. The van der Waals surface area contributed by atoms with Gasteiger partial charge in [0.25, 0.3) is 5.91 Å². The molecule has 3 aromatic rings. The number of nitrogens with zero attached hydrogens (tertiary/aromatic N) is 3. The third kappa shape index (κ3) is 6.08. The van der Waals surface area contributed by atoms with Crippen molar-refractivity contribution in [3.63, 3.8) is 0 Å². The van der Waals surface area contributed by atoms with E-state index < -0.39 is 15.9 Å². The summed E-state index contributed by atoms with van der Waals surface area (Å²) in [6.45, 7) is 5.53. The highest BCUT2D eigenvalue weighted by atomic mass is 32.2. The van der Waals surface area contributed by atoms with Crippen LogP contribution in [0.1, 0.15) is 41.2 Å². The average molecular weight is 474 g/mol. The molecule has 0 fully saturated rings. The Labute approximate surface area is 192 Å². The van der Waals surface area contributed by atoms with Crippen molar-refractivity contribution in [2.75, 3.05) is 12.4 Å². The minimum atomic E-state index is -3.86. The number of aromatic hydroxyl groups is 1. The molecule has 0 bridgehead atoms. The average Bonchev–Trinajstić information content (AvgIpc) is 3.15. The Hall–Kier alpha value is -3.44. The molecule has 3 N–H and O–H groups in total. The van der Waals surface area contributed by atoms with Crippen LogP contribution in [0.4, 0.5) is 5.69 Å². The van der Waals surface area contributed by atoms with E-state index in [0.717, 1.165) is 0 Å². The van der Waals surface area contributed by atoms with Gasteiger partial charge in [-0.25, -0.2) is 17.8 Å². The second-order valence-electron chi connectivity index (χ2n) is 7.96. The zero-order valence-electron chi connectivity index (χ0n) is 18.9. The first-order chi connectivity index (χ1) is 15.6. The number of nitrogens with one attached hydrogen (secondary N) is 2. The van der Waals surface area contributed by atoms with Gasteiger partial charge in [-0.1, -0.05) is 28.5 Å². The summed E-state index contributed by atoms with van der Waals surface area (Å²) >= 11 is 0. The Kier molecular flexibility index (Phi) is 7.34. The maximum absolute atomic E-state index is 13.1. The minimum Gasteiger partial charge on any atom is -0.508 e. The first-order valence-corrected chi connectivity index (χ1v) is 11.8. The number of carbonyl (C=O) groups is 1. The van der Waals surface area contributed by atoms with E-state index in [0.29, 0.717) is 22.6 Å². The Balaban J connectivity index is 1.93. The van der Waals surface area contributed by atoms with Crippen LogP contribution in [-0.2, 0) is 23.1 Å². The van der Waals surface area contributed by atoms with Crippen molar-refractivity contribution < 1.29 is 22.9 Å². The summed E-state index contributed by atoms with van der Waals surface area (Å²) in [5.74, 6) is -0.285. The van der Waals surface area contributed by atoms with Crippen LogP contribution in [-0.4, -0.2) is 47.7 Å². The number of aromatic nitrogens is 2. The van der Waals surface area contributed by atoms with Crippen LogP contribution in [0.2, 0.25) is 0 Å². The van der Waals surface area contributed by atoms with Gasteiger partial charge in [0.05, 0.1) is 11.4 Å². The first-order valence-electron chi connectivity index (χ1n) is 10.3. The van der Waals surface area contributed by atoms with Crippen LogP contribution in [0.3, 0.4) is 0 Å². The van der Waals surface area contributed by atoms with Crippen molar-refractivity contribution in [2.24, 2.45) is 0 Å². The molecule has 0 aliphatic rings. The molecule has 10 nitrogen and oxygen atoms in total. The lowest BCUT2D eigenvalue weighted by molar-refractivity contribution is 0.0781. The number of amides is 1. The summed E-state index contributed by atoms with van der Waals surface area (Å²) in [4.78, 5) is 14.5. The number of phenols is 1. The molecule has 0 aliphatic heterocycles. The molecule has 0 saturated carbocycles. The summed E-state index contributed by atoms with van der Waals surface area (Å²) in [7, 11) is -2.28. The summed E-state index contributed by atoms with van der Waals surface area (Å²) in [6, 6.07) is 10.8. The van der Waals surface area contributed by atoms with Crippen molar-refractivity contribution in [3.05, 3.63) is 65.0 Å². The topological polar surface area (TPSA) is 138 Å². The maximum Gasteiger partial charge on any atom is 0.254 e. The van der Waals surface area contributed by atoms with E-state index in [4.69, 9.17) is 0 Å². The van der Waals surface area contributed by atoms with E-state index >= 15 is 0 Å². The fourth-order valence-corrected chi connectivity index (χ4v) is 4.45. The number of hydrogen-bond acceptors (Lipinski definition) is 8. The molecule has 0 aliphatic carbocycles. The summed E-state index contributed by atoms with van der Waals surface area (Å²) in [5, 5.41) is 20.6. The molecule has 3 rings (SSSR count). The molecule has 0 radical (unpaired) electrons. The molecule has 0 saturated heterocycles. The Morgan fingerprint density at radius 1 is 1.18 bits per heavy atom. The van der Waals surface area contributed by atoms with Crippen molar-refractivity contribution in [3.8, 4) is 5.75 Å². The van der Waals surface area contributed by atoms with E-state index in [9.17, 15) is 18.3 Å². The molecule has 0 unspecified atom stereocenters. The molecule has 0 spiro atoms. The maximum atomic E-state index is 13.1. The van der Waals surface area contributed by atoms with E-state index in [1.807, 2.05) is 0 Å². The van der Waals surface area contributed by atoms with E-state index in [2.05, 4.69) is 25.0 Å². The van der Waals surface area contributed by atoms with Crippen molar-refractivity contribution in [2.45, 2.75) is 44.8 Å². The van der Waals surface area contributed by atoms with Gasteiger partial charge in [0.15, 0.2) is 0 Å². The molecule has 1 aromatic heterocycles. The lowest BCUT2D eigenvalue weighted by atomic mass is 10.1. The second-order valence-corrected chi connectivity index (χ2v) is 9.68. The standard InChI is InChI=1S/C22H27N5O5S/c1-14(2)26-33(30,31)19-10-17(22(29)27(4)13-20-15(3)24-32-25-20)9-18(11-19)23-12-16-7-5-6-8-21(16)28/h5-11,14,23,26,28H,12-13H2,1-4H3. The second kappa shape index (κ2) is 10.0. The quantitative estimate of drug-likeness (QED) is 0.431. The van der Waals surface area contributed by atoms with Crippen LogP contribution in [0.5, 0.6) is 5.75 Å². The van der Waals surface area contributed by atoms with Crippen LogP contribution in [0, 0.1) is 6.92 Å². The molecular weight excluding hydrogens is 446 g/mol. The number of para-hydroxylation sites is 1. The van der Waals surface area contributed by atoms with Gasteiger partial charge in [0.2, 0.25) is 10.0 Å². The highest BCUT2D eigenvalue weighted by Crippen LogP contribution is 2.23. The van der Waals surface area contributed by atoms with Gasteiger partial charge in [-0.3, -0.25) is 4.79 Å². The number of anilines is 1. The molecule has 176 valence electrons. The molecule has 33 heavy (non-hydrogen) atoms. The summed E-state index contributed by atoms with van der Waals surface area (Å²) in [6.07, 6.45) is 0. The lowest BCUT2D eigenvalue weighted by Crippen LogP contribution is -2.31. The normalized spacial score (nSPS) is 11.5. The van der Waals surface area contributed by atoms with Gasteiger partial charge in [-0.2, -0.15) is 0 Å². The van der Waals surface area contributed by atoms with Gasteiger partial charge in [0, 0.05) is 36.4 Å². The number of benzene rings is 2. The van der Waals surface area contributed by atoms with E-state index in [-0.39, 0.29) is 35.3 Å². The van der Waals surface area contributed by atoms with E-state index in [1.165, 1.54) is 17.0 Å². The minimum absolute atomic E-state index is 0.0467. The van der Waals surface area contributed by atoms with Crippen LogP contribution >= 0.6 is 0 Å². The first kappa shape index (κ1) is 24.2. The number of aryl methyl sites for hydroxylation is 1. The number of rotatable bonds is 9. The molecule has 2 aromatic carbocycles. The van der Waals surface area contributed by atoms with E-state index in [1.54, 1.807) is 58.2 Å². The largest absolute Gasteiger partial charge is 0.508 e. The SMILES string of the molecule is Cc1nonc1CN(C)C(=O)c1cc(NCc2ccccc2O)cc(S(=O)(=O)NC(C)C)c1. The predicted octanol–water partition coefficient (Wildman–Crippen LogP) is 2.65. The van der Waals surface area contributed by atoms with Gasteiger partial charge in [-0.15, -0.1) is 0 Å². The number of carbonyl (C=O) groups excluding carboxylic acids is 1. The predicted molar refractivity (Wildman–Crippen MR) is 122 cm³/mol. The zero-order valence-corrected chi connectivity index (χ0v) is 19.7. The molecular formula is C22H27N5O5S. The van der Waals surface area contributed by atoms with Gasteiger partial charge in [0.1, 0.15) is 17.1 Å². The smallest absolute Gasteiger partial charge is 0.254 e. The number of sulfonamides is 1. The third-order valence-electron chi connectivity index (χ3n) is 4.81. The zero-order chi connectivity index (χ0) is 24.2.